The molecule has 0 radical (unpaired) electrons. The van der Waals surface area contributed by atoms with Crippen LogP contribution in [0.3, 0.4) is 0 Å². The highest BCUT2D eigenvalue weighted by molar-refractivity contribution is 5.80. The van der Waals surface area contributed by atoms with Crippen LogP contribution in [0.25, 0.3) is 0 Å². The van der Waals surface area contributed by atoms with E-state index in [2.05, 4.69) is 18.2 Å². The average molecular weight is 244 g/mol. The van der Waals surface area contributed by atoms with Gasteiger partial charge in [0, 0.05) is 12.8 Å². The van der Waals surface area contributed by atoms with E-state index in [9.17, 15) is 4.79 Å². The molecule has 1 aromatic carbocycles. The quantitative estimate of drug-likeness (QED) is 0.798. The molecular weight excluding hydrogens is 224 g/mol. The lowest BCUT2D eigenvalue weighted by Gasteiger charge is -2.29. The van der Waals surface area contributed by atoms with Gasteiger partial charge in [-0.15, -0.1) is 0 Å². The van der Waals surface area contributed by atoms with Crippen LogP contribution in [0.4, 0.5) is 0 Å². The number of aryl methyl sites for hydroxylation is 1. The smallest absolute Gasteiger partial charge is 0.133 e. The summed E-state index contributed by atoms with van der Waals surface area (Å²) in [5.41, 5.74) is 2.90. The second-order valence-corrected chi connectivity index (χ2v) is 5.68. The second-order valence-electron chi connectivity index (χ2n) is 5.68. The van der Waals surface area contributed by atoms with E-state index in [4.69, 9.17) is 4.74 Å². The van der Waals surface area contributed by atoms with E-state index >= 15 is 0 Å². The maximum atomic E-state index is 11.4. The van der Waals surface area contributed by atoms with E-state index in [1.807, 2.05) is 0 Å². The third-order valence-corrected chi connectivity index (χ3v) is 4.63. The van der Waals surface area contributed by atoms with Crippen LogP contribution in [0.2, 0.25) is 0 Å². The second kappa shape index (κ2) is 4.75. The molecule has 0 N–H and O–H groups in total. The molecule has 0 saturated heterocycles. The molecule has 3 rings (SSSR count). The van der Waals surface area contributed by atoms with Gasteiger partial charge in [0.15, 0.2) is 0 Å². The van der Waals surface area contributed by atoms with Crippen molar-refractivity contribution in [3.05, 3.63) is 29.3 Å². The van der Waals surface area contributed by atoms with Gasteiger partial charge in [0.05, 0.1) is 7.11 Å². The number of rotatable bonds is 2. The molecule has 0 heterocycles. The van der Waals surface area contributed by atoms with E-state index in [1.165, 1.54) is 17.5 Å². The Bertz CT molecular complexity index is 464. The van der Waals surface area contributed by atoms with Gasteiger partial charge in [0.1, 0.15) is 11.5 Å². The first-order valence-corrected chi connectivity index (χ1v) is 6.94. The molecule has 2 heteroatoms. The van der Waals surface area contributed by atoms with Crippen LogP contribution in [0.5, 0.6) is 5.75 Å². The SMILES string of the molecule is COc1ccc2c(c1)CC[C@H]([C@@H]1CCC(=O)C1)C2. The van der Waals surface area contributed by atoms with Crippen LogP contribution in [0, 0.1) is 11.8 Å². The highest BCUT2D eigenvalue weighted by Gasteiger charge is 2.31. The number of benzene rings is 1. The summed E-state index contributed by atoms with van der Waals surface area (Å²) in [5.74, 6) is 2.80. The minimum absolute atomic E-state index is 0.473. The van der Waals surface area contributed by atoms with Gasteiger partial charge in [0.25, 0.3) is 0 Å². The normalized spacial score (nSPS) is 27.1. The highest BCUT2D eigenvalue weighted by atomic mass is 16.5. The summed E-state index contributed by atoms with van der Waals surface area (Å²) in [4.78, 5) is 11.4. The monoisotopic (exact) mass is 244 g/mol. The highest BCUT2D eigenvalue weighted by Crippen LogP contribution is 2.38. The molecule has 18 heavy (non-hydrogen) atoms. The average Bonchev–Trinajstić information content (AvgIpc) is 2.84. The third kappa shape index (κ3) is 2.16. The molecule has 1 saturated carbocycles. The van der Waals surface area contributed by atoms with E-state index in [0.29, 0.717) is 11.7 Å². The van der Waals surface area contributed by atoms with Crippen molar-refractivity contribution in [3.8, 4) is 5.75 Å². The predicted octanol–water partition coefficient (Wildman–Crippen LogP) is 3.17. The molecule has 2 atom stereocenters. The van der Waals surface area contributed by atoms with E-state index in [-0.39, 0.29) is 0 Å². The largest absolute Gasteiger partial charge is 0.497 e. The molecule has 0 aromatic heterocycles. The summed E-state index contributed by atoms with van der Waals surface area (Å²) in [6, 6.07) is 6.43. The topological polar surface area (TPSA) is 26.3 Å². The van der Waals surface area contributed by atoms with Crippen molar-refractivity contribution < 1.29 is 9.53 Å². The summed E-state index contributed by atoms with van der Waals surface area (Å²) < 4.78 is 5.28. The molecule has 0 unspecified atom stereocenters. The zero-order chi connectivity index (χ0) is 12.5. The van der Waals surface area contributed by atoms with E-state index in [1.54, 1.807) is 7.11 Å². The van der Waals surface area contributed by atoms with Gasteiger partial charge in [0.2, 0.25) is 0 Å². The number of hydrogen-bond acceptors (Lipinski definition) is 2. The summed E-state index contributed by atoms with van der Waals surface area (Å²) in [5, 5.41) is 0. The van der Waals surface area contributed by atoms with Gasteiger partial charge >= 0.3 is 0 Å². The van der Waals surface area contributed by atoms with Crippen molar-refractivity contribution in [1.82, 2.24) is 0 Å². The Balaban J connectivity index is 1.75. The first-order chi connectivity index (χ1) is 8.76. The van der Waals surface area contributed by atoms with Crippen molar-refractivity contribution in [2.75, 3.05) is 7.11 Å². The summed E-state index contributed by atoms with van der Waals surface area (Å²) in [7, 11) is 1.72. The van der Waals surface area contributed by atoms with Crippen LogP contribution in [-0.2, 0) is 17.6 Å². The molecular formula is C16H20O2. The number of carbonyl (C=O) groups is 1. The Labute approximate surface area is 108 Å². The summed E-state index contributed by atoms with van der Waals surface area (Å²) in [6.45, 7) is 0. The third-order valence-electron chi connectivity index (χ3n) is 4.63. The molecule has 2 nitrogen and oxygen atoms in total. The van der Waals surface area contributed by atoms with Crippen molar-refractivity contribution in [1.29, 1.82) is 0 Å². The van der Waals surface area contributed by atoms with Crippen molar-refractivity contribution in [2.24, 2.45) is 11.8 Å². The fraction of sp³-hybridized carbons (Fsp3) is 0.562. The van der Waals surface area contributed by atoms with Crippen LogP contribution in [0.1, 0.15) is 36.8 Å². The first kappa shape index (κ1) is 11.8. The van der Waals surface area contributed by atoms with Gasteiger partial charge in [-0.2, -0.15) is 0 Å². The molecule has 0 amide bonds. The number of ether oxygens (including phenoxy) is 1. The Morgan fingerprint density at radius 2 is 1.83 bits per heavy atom. The number of fused-ring (bicyclic) bond motifs is 1. The zero-order valence-electron chi connectivity index (χ0n) is 10.9. The van der Waals surface area contributed by atoms with Crippen LogP contribution in [0.15, 0.2) is 18.2 Å². The van der Waals surface area contributed by atoms with Crippen LogP contribution >= 0.6 is 0 Å². The standard InChI is InChI=1S/C16H20O2/c1-18-16-7-5-12-8-11(2-3-14(12)10-16)13-4-6-15(17)9-13/h5,7,10-11,13H,2-4,6,8-9H2,1H3/t11-,13+/m0/s1. The van der Waals surface area contributed by atoms with Crippen LogP contribution in [-0.4, -0.2) is 12.9 Å². The van der Waals surface area contributed by atoms with Gasteiger partial charge in [-0.25, -0.2) is 0 Å². The minimum Gasteiger partial charge on any atom is -0.497 e. The number of carbonyl (C=O) groups excluding carboxylic acids is 1. The Kier molecular flexibility index (Phi) is 3.11. The fourth-order valence-corrected chi connectivity index (χ4v) is 3.53. The van der Waals surface area contributed by atoms with Crippen molar-refractivity contribution in [3.63, 3.8) is 0 Å². The lowest BCUT2D eigenvalue weighted by atomic mass is 9.76. The number of hydrogen-bond donors (Lipinski definition) is 0. The lowest BCUT2D eigenvalue weighted by molar-refractivity contribution is -0.117. The van der Waals surface area contributed by atoms with Crippen molar-refractivity contribution >= 4 is 5.78 Å². The fourth-order valence-electron chi connectivity index (χ4n) is 3.53. The minimum atomic E-state index is 0.473. The van der Waals surface area contributed by atoms with E-state index in [0.717, 1.165) is 43.8 Å². The molecule has 2 aliphatic carbocycles. The van der Waals surface area contributed by atoms with Crippen molar-refractivity contribution in [2.45, 2.75) is 38.5 Å². The zero-order valence-corrected chi connectivity index (χ0v) is 10.9. The molecule has 0 bridgehead atoms. The molecule has 0 aliphatic heterocycles. The van der Waals surface area contributed by atoms with Gasteiger partial charge in [-0.3, -0.25) is 4.79 Å². The molecule has 96 valence electrons. The summed E-state index contributed by atoms with van der Waals surface area (Å²) in [6.07, 6.45) is 6.29. The van der Waals surface area contributed by atoms with Gasteiger partial charge < -0.3 is 4.74 Å². The Hall–Kier alpha value is -1.31. The number of Topliss-reactive ketones (excluding diaryl/α,β-unsaturated/α-hetero) is 1. The van der Waals surface area contributed by atoms with Gasteiger partial charge in [-0.1, -0.05) is 6.07 Å². The maximum Gasteiger partial charge on any atom is 0.133 e. The molecule has 2 aliphatic rings. The number of ketones is 1. The van der Waals surface area contributed by atoms with Crippen LogP contribution < -0.4 is 4.74 Å². The Morgan fingerprint density at radius 1 is 1.06 bits per heavy atom. The maximum absolute atomic E-state index is 11.4. The molecule has 1 aromatic rings. The number of methoxy groups -OCH3 is 1. The first-order valence-electron chi connectivity index (χ1n) is 6.94. The molecule has 0 spiro atoms. The summed E-state index contributed by atoms with van der Waals surface area (Å²) >= 11 is 0. The van der Waals surface area contributed by atoms with E-state index < -0.39 is 0 Å². The lowest BCUT2D eigenvalue weighted by Crippen LogP contribution is -2.21. The predicted molar refractivity (Wildman–Crippen MR) is 70.9 cm³/mol. The Morgan fingerprint density at radius 3 is 2.56 bits per heavy atom. The molecule has 1 fully saturated rings. The van der Waals surface area contributed by atoms with Gasteiger partial charge in [-0.05, 0) is 60.8 Å².